The summed E-state index contributed by atoms with van der Waals surface area (Å²) in [7, 11) is 0. The lowest BCUT2D eigenvalue weighted by molar-refractivity contribution is -0.161. The number of nitrogens with zero attached hydrogens (tertiary/aromatic N) is 2. The fourth-order valence-electron chi connectivity index (χ4n) is 1.79. The Morgan fingerprint density at radius 2 is 1.89 bits per heavy atom. The third kappa shape index (κ3) is 6.66. The number of amidine groups is 1. The third-order valence-corrected chi connectivity index (χ3v) is 3.06. The van der Waals surface area contributed by atoms with Crippen LogP contribution in [0.4, 0.5) is 13.2 Å². The molecule has 0 aliphatic heterocycles. The molecule has 0 aromatic heterocycles. The summed E-state index contributed by atoms with van der Waals surface area (Å²) in [6, 6.07) is -0.0202. The highest BCUT2D eigenvalue weighted by atomic mass is 19.4. The molecule has 0 saturated carbocycles. The number of halogens is 3. The Morgan fingerprint density at radius 1 is 1.32 bits per heavy atom. The molecule has 0 aromatic rings. The highest BCUT2D eigenvalue weighted by Crippen LogP contribution is 2.28. The van der Waals surface area contributed by atoms with Crippen LogP contribution in [0, 0.1) is 5.92 Å². The Labute approximate surface area is 112 Å². The molecule has 114 valence electrons. The van der Waals surface area contributed by atoms with E-state index in [0.717, 1.165) is 19.3 Å². The van der Waals surface area contributed by atoms with Crippen molar-refractivity contribution in [2.45, 2.75) is 52.3 Å². The van der Waals surface area contributed by atoms with Crippen LogP contribution in [-0.2, 0) is 0 Å². The molecule has 0 saturated heterocycles. The highest BCUT2D eigenvalue weighted by molar-refractivity contribution is 5.83. The molecule has 4 nitrogen and oxygen atoms in total. The second-order valence-corrected chi connectivity index (χ2v) is 4.91. The van der Waals surface area contributed by atoms with Crippen LogP contribution in [0.25, 0.3) is 0 Å². The number of rotatable bonds is 8. The fraction of sp³-hybridized carbons (Fsp3) is 0.917. The van der Waals surface area contributed by atoms with Crippen molar-refractivity contribution in [3.05, 3.63) is 0 Å². The van der Waals surface area contributed by atoms with Gasteiger partial charge in [0.15, 0.2) is 5.84 Å². The lowest BCUT2D eigenvalue weighted by Crippen LogP contribution is -2.46. The van der Waals surface area contributed by atoms with E-state index in [1.807, 2.05) is 20.8 Å². The van der Waals surface area contributed by atoms with E-state index in [9.17, 15) is 13.2 Å². The predicted octanol–water partition coefficient (Wildman–Crippen LogP) is 2.81. The van der Waals surface area contributed by atoms with Crippen molar-refractivity contribution >= 4 is 5.84 Å². The first-order valence-electron chi connectivity index (χ1n) is 6.52. The molecule has 0 fully saturated rings. The standard InChI is InChI=1S/C12H24F3N3O/c1-4-5-6-7-18(9(2)3)8-10(11(16)17-19)12(13,14)15/h9-10,19H,4-8H2,1-3H3,(H2,16,17). The molecule has 0 bridgehead atoms. The Balaban J connectivity index is 4.75. The maximum Gasteiger partial charge on any atom is 0.400 e. The molecule has 0 aliphatic carbocycles. The SMILES string of the molecule is CCCCCN(CC(C(N)=NO)C(F)(F)F)C(C)C. The van der Waals surface area contributed by atoms with Gasteiger partial charge in [0, 0.05) is 12.6 Å². The molecule has 1 unspecified atom stereocenters. The molecule has 0 radical (unpaired) electrons. The van der Waals surface area contributed by atoms with E-state index >= 15 is 0 Å². The monoisotopic (exact) mass is 283 g/mol. The molecule has 0 spiro atoms. The summed E-state index contributed by atoms with van der Waals surface area (Å²) in [5.74, 6) is -2.71. The van der Waals surface area contributed by atoms with Crippen LogP contribution in [0.15, 0.2) is 5.16 Å². The average Bonchev–Trinajstić information content (AvgIpc) is 2.30. The molecular weight excluding hydrogens is 259 g/mol. The Morgan fingerprint density at radius 3 is 2.26 bits per heavy atom. The lowest BCUT2D eigenvalue weighted by atomic mass is 10.1. The summed E-state index contributed by atoms with van der Waals surface area (Å²) in [5, 5.41) is 11.0. The van der Waals surface area contributed by atoms with Gasteiger partial charge in [0.1, 0.15) is 5.92 Å². The largest absolute Gasteiger partial charge is 0.409 e. The van der Waals surface area contributed by atoms with Crippen LogP contribution in [0.5, 0.6) is 0 Å². The zero-order valence-corrected chi connectivity index (χ0v) is 11.7. The van der Waals surface area contributed by atoms with E-state index in [1.54, 1.807) is 4.90 Å². The zero-order valence-electron chi connectivity index (χ0n) is 11.7. The van der Waals surface area contributed by atoms with Gasteiger partial charge in [-0.15, -0.1) is 0 Å². The van der Waals surface area contributed by atoms with E-state index in [-0.39, 0.29) is 12.6 Å². The van der Waals surface area contributed by atoms with Crippen molar-refractivity contribution in [1.29, 1.82) is 0 Å². The van der Waals surface area contributed by atoms with Gasteiger partial charge in [-0.2, -0.15) is 13.2 Å². The summed E-state index contributed by atoms with van der Waals surface area (Å²) < 4.78 is 38.6. The minimum atomic E-state index is -4.51. The Bertz CT molecular complexity index is 280. The predicted molar refractivity (Wildman–Crippen MR) is 69.2 cm³/mol. The lowest BCUT2D eigenvalue weighted by Gasteiger charge is -2.31. The van der Waals surface area contributed by atoms with Crippen molar-refractivity contribution in [2.24, 2.45) is 16.8 Å². The van der Waals surface area contributed by atoms with E-state index in [0.29, 0.717) is 6.54 Å². The van der Waals surface area contributed by atoms with Crippen molar-refractivity contribution < 1.29 is 18.4 Å². The number of hydrogen-bond acceptors (Lipinski definition) is 3. The van der Waals surface area contributed by atoms with Crippen molar-refractivity contribution in [3.8, 4) is 0 Å². The van der Waals surface area contributed by atoms with Gasteiger partial charge in [-0.3, -0.25) is 4.90 Å². The first-order valence-corrected chi connectivity index (χ1v) is 6.52. The molecule has 0 aromatic carbocycles. The van der Waals surface area contributed by atoms with E-state index < -0.39 is 17.9 Å². The summed E-state index contributed by atoms with van der Waals surface area (Å²) in [6.07, 6.45) is -1.68. The maximum atomic E-state index is 12.9. The normalized spacial score (nSPS) is 15.3. The van der Waals surface area contributed by atoms with E-state index in [4.69, 9.17) is 10.9 Å². The average molecular weight is 283 g/mol. The van der Waals surface area contributed by atoms with Crippen LogP contribution in [0.3, 0.4) is 0 Å². The first kappa shape index (κ1) is 18.0. The van der Waals surface area contributed by atoms with Gasteiger partial charge < -0.3 is 10.9 Å². The molecule has 0 amide bonds. The van der Waals surface area contributed by atoms with Gasteiger partial charge in [-0.1, -0.05) is 24.9 Å². The smallest absolute Gasteiger partial charge is 0.400 e. The van der Waals surface area contributed by atoms with Gasteiger partial charge in [-0.05, 0) is 26.8 Å². The van der Waals surface area contributed by atoms with Crippen LogP contribution in [0.1, 0.15) is 40.0 Å². The summed E-state index contributed by atoms with van der Waals surface area (Å²) in [6.45, 7) is 6.02. The highest BCUT2D eigenvalue weighted by Gasteiger charge is 2.43. The minimum absolute atomic E-state index is 0.0202. The topological polar surface area (TPSA) is 61.8 Å². The summed E-state index contributed by atoms with van der Waals surface area (Å²) >= 11 is 0. The number of nitrogens with two attached hydrogens (primary N) is 1. The van der Waals surface area contributed by atoms with Crippen molar-refractivity contribution in [1.82, 2.24) is 4.90 Å². The third-order valence-electron chi connectivity index (χ3n) is 3.06. The van der Waals surface area contributed by atoms with E-state index in [2.05, 4.69) is 5.16 Å². The first-order chi connectivity index (χ1) is 8.73. The number of oxime groups is 1. The second kappa shape index (κ2) is 8.24. The van der Waals surface area contributed by atoms with E-state index in [1.165, 1.54) is 0 Å². The number of hydrogen-bond donors (Lipinski definition) is 2. The summed E-state index contributed by atoms with van der Waals surface area (Å²) in [4.78, 5) is 1.71. The quantitative estimate of drug-likeness (QED) is 0.237. The molecule has 7 heteroatoms. The second-order valence-electron chi connectivity index (χ2n) is 4.91. The number of unbranched alkanes of at least 4 members (excludes halogenated alkanes) is 2. The molecule has 1 atom stereocenters. The molecule has 3 N–H and O–H groups in total. The minimum Gasteiger partial charge on any atom is -0.409 e. The van der Waals surface area contributed by atoms with Crippen LogP contribution in [-0.4, -0.2) is 41.3 Å². The molecule has 19 heavy (non-hydrogen) atoms. The number of alkyl halides is 3. The molecular formula is C12H24F3N3O. The fourth-order valence-corrected chi connectivity index (χ4v) is 1.79. The molecule has 0 rings (SSSR count). The van der Waals surface area contributed by atoms with Crippen LogP contribution in [0.2, 0.25) is 0 Å². The van der Waals surface area contributed by atoms with Gasteiger partial charge in [0.25, 0.3) is 0 Å². The molecule has 0 aliphatic rings. The van der Waals surface area contributed by atoms with Crippen molar-refractivity contribution in [2.75, 3.05) is 13.1 Å². The Hall–Kier alpha value is -0.980. The Kier molecular flexibility index (Phi) is 7.82. The maximum absolute atomic E-state index is 12.9. The zero-order chi connectivity index (χ0) is 15.1. The van der Waals surface area contributed by atoms with Crippen LogP contribution >= 0.6 is 0 Å². The van der Waals surface area contributed by atoms with Crippen LogP contribution < -0.4 is 5.73 Å². The van der Waals surface area contributed by atoms with Crippen molar-refractivity contribution in [3.63, 3.8) is 0 Å². The van der Waals surface area contributed by atoms with Gasteiger partial charge in [-0.25, -0.2) is 0 Å². The van der Waals surface area contributed by atoms with Gasteiger partial charge in [0.2, 0.25) is 0 Å². The molecule has 0 heterocycles. The summed E-state index contributed by atoms with van der Waals surface area (Å²) in [5.41, 5.74) is 5.16. The van der Waals surface area contributed by atoms with Gasteiger partial charge in [0.05, 0.1) is 0 Å². The van der Waals surface area contributed by atoms with Gasteiger partial charge >= 0.3 is 6.18 Å².